The summed E-state index contributed by atoms with van der Waals surface area (Å²) in [6, 6.07) is 6.50. The highest BCUT2D eigenvalue weighted by molar-refractivity contribution is 6.30. The van der Waals surface area contributed by atoms with Crippen molar-refractivity contribution in [1.29, 1.82) is 0 Å². The molecule has 0 aromatic carbocycles. The Hall–Kier alpha value is -2.67. The zero-order valence-corrected chi connectivity index (χ0v) is 13.5. The summed E-state index contributed by atoms with van der Waals surface area (Å²) in [5.74, 6) is -0.720. The van der Waals surface area contributed by atoms with Crippen LogP contribution in [0.1, 0.15) is 20.8 Å². The minimum atomic E-state index is -1.16. The number of nitrogens with zero attached hydrogens (tertiary/aromatic N) is 4. The average molecular weight is 347 g/mol. The standard InChI is InChI=1S/C16H15ClN4O3/c17-11-3-4-13(19-10-11)20-6-8-21(9-7-20)15(22)14-12(16(23)24)2-1-5-18-14/h1-5,10H,6-9H2,(H,23,24). The molecule has 0 radical (unpaired) electrons. The van der Waals surface area contributed by atoms with Gasteiger partial charge in [0.15, 0.2) is 0 Å². The lowest BCUT2D eigenvalue weighted by Gasteiger charge is -2.35. The van der Waals surface area contributed by atoms with Gasteiger partial charge in [-0.25, -0.2) is 9.78 Å². The number of carbonyl (C=O) groups excluding carboxylic acids is 1. The SMILES string of the molecule is O=C(O)c1cccnc1C(=O)N1CCN(c2ccc(Cl)cn2)CC1. The van der Waals surface area contributed by atoms with Gasteiger partial charge in [-0.1, -0.05) is 11.6 Å². The Bertz CT molecular complexity index is 758. The number of aromatic carboxylic acids is 1. The van der Waals surface area contributed by atoms with E-state index in [1.807, 2.05) is 6.07 Å². The number of carbonyl (C=O) groups is 2. The van der Waals surface area contributed by atoms with Gasteiger partial charge in [0.2, 0.25) is 0 Å². The quantitative estimate of drug-likeness (QED) is 0.911. The number of amides is 1. The number of anilines is 1. The third-order valence-electron chi connectivity index (χ3n) is 3.84. The number of carboxylic acids is 1. The van der Waals surface area contributed by atoms with Gasteiger partial charge < -0.3 is 14.9 Å². The molecular weight excluding hydrogens is 332 g/mol. The van der Waals surface area contributed by atoms with Gasteiger partial charge in [-0.2, -0.15) is 0 Å². The van der Waals surface area contributed by atoms with Gasteiger partial charge in [-0.15, -0.1) is 0 Å². The highest BCUT2D eigenvalue weighted by Crippen LogP contribution is 2.17. The second-order valence-corrected chi connectivity index (χ2v) is 5.76. The maximum absolute atomic E-state index is 12.6. The van der Waals surface area contributed by atoms with E-state index in [1.54, 1.807) is 17.2 Å². The summed E-state index contributed by atoms with van der Waals surface area (Å²) in [5.41, 5.74) is -0.104. The van der Waals surface area contributed by atoms with Crippen molar-refractivity contribution in [2.75, 3.05) is 31.1 Å². The van der Waals surface area contributed by atoms with Crippen molar-refractivity contribution in [3.63, 3.8) is 0 Å². The molecule has 1 aliphatic heterocycles. The molecule has 0 spiro atoms. The molecule has 0 bridgehead atoms. The van der Waals surface area contributed by atoms with Gasteiger partial charge in [-0.3, -0.25) is 9.78 Å². The largest absolute Gasteiger partial charge is 0.478 e. The van der Waals surface area contributed by atoms with Crippen molar-refractivity contribution in [3.05, 3.63) is 52.9 Å². The fourth-order valence-corrected chi connectivity index (χ4v) is 2.70. The van der Waals surface area contributed by atoms with E-state index in [0.29, 0.717) is 31.2 Å². The lowest BCUT2D eigenvalue weighted by Crippen LogP contribution is -2.49. The molecule has 0 unspecified atom stereocenters. The Morgan fingerprint density at radius 1 is 1.08 bits per heavy atom. The molecule has 124 valence electrons. The van der Waals surface area contributed by atoms with Gasteiger partial charge in [-0.05, 0) is 24.3 Å². The molecule has 0 saturated carbocycles. The first-order chi connectivity index (χ1) is 11.6. The molecule has 7 nitrogen and oxygen atoms in total. The lowest BCUT2D eigenvalue weighted by molar-refractivity contribution is 0.0669. The predicted octanol–water partition coefficient (Wildman–Crippen LogP) is 1.79. The zero-order chi connectivity index (χ0) is 17.1. The van der Waals surface area contributed by atoms with E-state index in [1.165, 1.54) is 18.3 Å². The number of carboxylic acid groups (broad SMARTS) is 1. The van der Waals surface area contributed by atoms with Gasteiger partial charge in [0.25, 0.3) is 5.91 Å². The van der Waals surface area contributed by atoms with Crippen LogP contribution in [-0.2, 0) is 0 Å². The summed E-state index contributed by atoms with van der Waals surface area (Å²) in [6.45, 7) is 2.16. The van der Waals surface area contributed by atoms with Gasteiger partial charge in [0.05, 0.1) is 10.6 Å². The second-order valence-electron chi connectivity index (χ2n) is 5.32. The molecular formula is C16H15ClN4O3. The number of hydrogen-bond donors (Lipinski definition) is 1. The second kappa shape index (κ2) is 6.84. The Labute approximate surface area is 143 Å². The maximum Gasteiger partial charge on any atom is 0.338 e. The molecule has 1 amide bonds. The highest BCUT2D eigenvalue weighted by Gasteiger charge is 2.26. The van der Waals surface area contributed by atoms with Crippen molar-refractivity contribution in [3.8, 4) is 0 Å². The van der Waals surface area contributed by atoms with Crippen LogP contribution in [0.2, 0.25) is 5.02 Å². The van der Waals surface area contributed by atoms with Crippen LogP contribution >= 0.6 is 11.6 Å². The van der Waals surface area contributed by atoms with Crippen molar-refractivity contribution in [2.24, 2.45) is 0 Å². The Morgan fingerprint density at radius 3 is 2.46 bits per heavy atom. The Balaban J connectivity index is 1.69. The van der Waals surface area contributed by atoms with Crippen LogP contribution < -0.4 is 4.90 Å². The van der Waals surface area contributed by atoms with Crippen LogP contribution in [0, 0.1) is 0 Å². The van der Waals surface area contributed by atoms with E-state index < -0.39 is 5.97 Å². The summed E-state index contributed by atoms with van der Waals surface area (Å²) < 4.78 is 0. The van der Waals surface area contributed by atoms with Crippen molar-refractivity contribution in [1.82, 2.24) is 14.9 Å². The van der Waals surface area contributed by atoms with Crippen LogP contribution in [0.5, 0.6) is 0 Å². The minimum Gasteiger partial charge on any atom is -0.478 e. The zero-order valence-electron chi connectivity index (χ0n) is 12.7. The smallest absolute Gasteiger partial charge is 0.338 e. The van der Waals surface area contributed by atoms with E-state index >= 15 is 0 Å². The molecule has 3 rings (SSSR count). The summed E-state index contributed by atoms with van der Waals surface area (Å²) in [5, 5.41) is 9.76. The number of rotatable bonds is 3. The van der Waals surface area contributed by atoms with Gasteiger partial charge in [0, 0.05) is 38.6 Å². The third kappa shape index (κ3) is 3.30. The molecule has 1 N–H and O–H groups in total. The first-order valence-corrected chi connectivity index (χ1v) is 7.78. The first-order valence-electron chi connectivity index (χ1n) is 7.40. The molecule has 3 heterocycles. The molecule has 0 atom stereocenters. The van der Waals surface area contributed by atoms with E-state index in [9.17, 15) is 14.7 Å². The monoisotopic (exact) mass is 346 g/mol. The van der Waals surface area contributed by atoms with Crippen LogP contribution in [0.3, 0.4) is 0 Å². The number of halogens is 1. The Morgan fingerprint density at radius 2 is 1.83 bits per heavy atom. The van der Waals surface area contributed by atoms with Gasteiger partial charge in [0.1, 0.15) is 11.5 Å². The van der Waals surface area contributed by atoms with Crippen LogP contribution in [0.4, 0.5) is 5.82 Å². The van der Waals surface area contributed by atoms with Crippen LogP contribution in [-0.4, -0.2) is 58.0 Å². The fraction of sp³-hybridized carbons (Fsp3) is 0.250. The molecule has 2 aromatic rings. The van der Waals surface area contributed by atoms with E-state index in [-0.39, 0.29) is 17.2 Å². The first kappa shape index (κ1) is 16.2. The number of piperazine rings is 1. The molecule has 0 aliphatic carbocycles. The summed E-state index contributed by atoms with van der Waals surface area (Å²) in [4.78, 5) is 35.7. The predicted molar refractivity (Wildman–Crippen MR) is 88.6 cm³/mol. The lowest BCUT2D eigenvalue weighted by atomic mass is 10.1. The molecule has 1 aliphatic rings. The summed E-state index contributed by atoms with van der Waals surface area (Å²) in [7, 11) is 0. The molecule has 8 heteroatoms. The maximum atomic E-state index is 12.6. The molecule has 2 aromatic heterocycles. The number of aromatic nitrogens is 2. The summed E-state index contributed by atoms with van der Waals surface area (Å²) >= 11 is 5.83. The topological polar surface area (TPSA) is 86.6 Å². The van der Waals surface area contributed by atoms with Crippen molar-refractivity contribution < 1.29 is 14.7 Å². The van der Waals surface area contributed by atoms with E-state index in [2.05, 4.69) is 14.9 Å². The molecule has 1 saturated heterocycles. The van der Waals surface area contributed by atoms with Crippen LogP contribution in [0.25, 0.3) is 0 Å². The minimum absolute atomic E-state index is 0.0249. The number of hydrogen-bond acceptors (Lipinski definition) is 5. The van der Waals surface area contributed by atoms with Crippen LogP contribution in [0.15, 0.2) is 36.7 Å². The summed E-state index contributed by atoms with van der Waals surface area (Å²) in [6.07, 6.45) is 3.01. The van der Waals surface area contributed by atoms with Crippen molar-refractivity contribution >= 4 is 29.3 Å². The molecule has 1 fully saturated rings. The van der Waals surface area contributed by atoms with E-state index in [0.717, 1.165) is 5.82 Å². The molecule has 24 heavy (non-hydrogen) atoms. The number of pyridine rings is 2. The Kier molecular flexibility index (Phi) is 4.61. The van der Waals surface area contributed by atoms with Crippen molar-refractivity contribution in [2.45, 2.75) is 0 Å². The van der Waals surface area contributed by atoms with Gasteiger partial charge >= 0.3 is 5.97 Å². The third-order valence-corrected chi connectivity index (χ3v) is 4.07. The fourth-order valence-electron chi connectivity index (χ4n) is 2.59. The van der Waals surface area contributed by atoms with E-state index in [4.69, 9.17) is 11.6 Å². The average Bonchev–Trinajstić information content (AvgIpc) is 2.62. The normalized spacial score (nSPS) is 14.5. The highest BCUT2D eigenvalue weighted by atomic mass is 35.5.